The first-order chi connectivity index (χ1) is 11.8. The van der Waals surface area contributed by atoms with Gasteiger partial charge in [-0.05, 0) is 30.3 Å². The third-order valence-electron chi connectivity index (χ3n) is 3.97. The summed E-state index contributed by atoms with van der Waals surface area (Å²) in [5, 5.41) is 9.55. The molecule has 1 atom stereocenters. The van der Waals surface area contributed by atoms with E-state index >= 15 is 0 Å². The number of hydrogen-bond acceptors (Lipinski definition) is 8. The van der Waals surface area contributed by atoms with Gasteiger partial charge >= 0.3 is 17.9 Å². The van der Waals surface area contributed by atoms with Crippen LogP contribution in [0.15, 0.2) is 46.2 Å². The van der Waals surface area contributed by atoms with Gasteiger partial charge in [-0.2, -0.15) is 0 Å². The number of esters is 3. The van der Waals surface area contributed by atoms with Crippen LogP contribution in [-0.2, 0) is 19.3 Å². The summed E-state index contributed by atoms with van der Waals surface area (Å²) >= 11 is 0. The molecule has 0 saturated heterocycles. The Morgan fingerprint density at radius 2 is 1.40 bits per heavy atom. The Balaban J connectivity index is 1.83. The molecule has 0 amide bonds. The summed E-state index contributed by atoms with van der Waals surface area (Å²) in [6, 6.07) is 7.02. The van der Waals surface area contributed by atoms with Crippen LogP contribution in [0.25, 0.3) is 0 Å². The van der Waals surface area contributed by atoms with E-state index in [1.807, 2.05) is 0 Å². The highest BCUT2D eigenvalue weighted by molar-refractivity contribution is 7.91. The van der Waals surface area contributed by atoms with Crippen molar-refractivity contribution in [1.82, 2.24) is 0 Å². The van der Waals surface area contributed by atoms with E-state index in [-0.39, 0.29) is 32.0 Å². The Morgan fingerprint density at radius 3 is 2.12 bits per heavy atom. The number of carbonyl (C=O) groups excluding carboxylic acids is 3. The van der Waals surface area contributed by atoms with E-state index in [0.717, 1.165) is 12.1 Å². The summed E-state index contributed by atoms with van der Waals surface area (Å²) in [6.45, 7) is 0. The standard InChI is InChI=1S/C16H8O8S/c17-13-9-3-1-7(5-11(9)15(19)23-13)25(21,22)8-2-4-10-12(6-8)16(20)24-14(10)18/h1-6,13,17H. The van der Waals surface area contributed by atoms with Gasteiger partial charge in [0.25, 0.3) is 0 Å². The van der Waals surface area contributed by atoms with Crippen molar-refractivity contribution in [3.8, 4) is 0 Å². The first-order valence-electron chi connectivity index (χ1n) is 6.97. The zero-order valence-electron chi connectivity index (χ0n) is 12.3. The van der Waals surface area contributed by atoms with Crippen molar-refractivity contribution in [2.24, 2.45) is 0 Å². The van der Waals surface area contributed by atoms with Crippen molar-refractivity contribution < 1.29 is 37.4 Å². The number of benzene rings is 2. The molecule has 0 bridgehead atoms. The molecule has 2 aromatic carbocycles. The van der Waals surface area contributed by atoms with Crippen LogP contribution < -0.4 is 0 Å². The second-order valence-corrected chi connectivity index (χ2v) is 7.34. The number of aliphatic hydroxyl groups excluding tert-OH is 1. The third-order valence-corrected chi connectivity index (χ3v) is 5.72. The number of hydrogen-bond donors (Lipinski definition) is 1. The number of sulfone groups is 1. The topological polar surface area (TPSA) is 124 Å². The molecule has 2 heterocycles. The Morgan fingerprint density at radius 1 is 0.800 bits per heavy atom. The van der Waals surface area contributed by atoms with E-state index in [2.05, 4.69) is 9.47 Å². The van der Waals surface area contributed by atoms with Crippen LogP contribution in [0, 0.1) is 0 Å². The zero-order valence-corrected chi connectivity index (χ0v) is 13.1. The van der Waals surface area contributed by atoms with Crippen LogP contribution in [0.2, 0.25) is 0 Å². The minimum atomic E-state index is -4.07. The molecule has 1 N–H and O–H groups in total. The van der Waals surface area contributed by atoms with E-state index in [1.54, 1.807) is 0 Å². The van der Waals surface area contributed by atoms with E-state index in [9.17, 15) is 27.9 Å². The molecule has 0 spiro atoms. The molecule has 8 nitrogen and oxygen atoms in total. The molecule has 4 rings (SSSR count). The Labute approximate surface area is 140 Å². The van der Waals surface area contributed by atoms with Crippen LogP contribution in [0.4, 0.5) is 0 Å². The van der Waals surface area contributed by atoms with Crippen molar-refractivity contribution in [2.45, 2.75) is 16.1 Å². The lowest BCUT2D eigenvalue weighted by atomic mass is 10.1. The quantitative estimate of drug-likeness (QED) is 0.621. The normalized spacial score (nSPS) is 18.6. The molecule has 0 saturated carbocycles. The van der Waals surface area contributed by atoms with Gasteiger partial charge in [0.15, 0.2) is 0 Å². The van der Waals surface area contributed by atoms with Crippen molar-refractivity contribution in [3.63, 3.8) is 0 Å². The smallest absolute Gasteiger partial charge is 0.346 e. The Kier molecular flexibility index (Phi) is 3.08. The van der Waals surface area contributed by atoms with Crippen LogP contribution in [0.3, 0.4) is 0 Å². The summed E-state index contributed by atoms with van der Waals surface area (Å²) in [6.07, 6.45) is -1.43. The fourth-order valence-electron chi connectivity index (χ4n) is 2.69. The molecule has 126 valence electrons. The number of fused-ring (bicyclic) bond motifs is 2. The third kappa shape index (κ3) is 2.17. The van der Waals surface area contributed by atoms with Crippen LogP contribution in [0.1, 0.15) is 42.9 Å². The van der Waals surface area contributed by atoms with Crippen molar-refractivity contribution in [3.05, 3.63) is 58.7 Å². The molecular formula is C16H8O8S. The number of rotatable bonds is 2. The zero-order chi connectivity index (χ0) is 17.9. The lowest BCUT2D eigenvalue weighted by Gasteiger charge is -2.07. The Hall–Kier alpha value is -3.04. The summed E-state index contributed by atoms with van der Waals surface area (Å²) < 4.78 is 34.6. The van der Waals surface area contributed by atoms with Crippen LogP contribution >= 0.6 is 0 Å². The summed E-state index contributed by atoms with van der Waals surface area (Å²) in [5.41, 5.74) is -0.0249. The highest BCUT2D eigenvalue weighted by Crippen LogP contribution is 2.33. The molecule has 0 fully saturated rings. The van der Waals surface area contributed by atoms with Crippen molar-refractivity contribution in [1.29, 1.82) is 0 Å². The van der Waals surface area contributed by atoms with E-state index in [1.165, 1.54) is 24.3 Å². The molecule has 25 heavy (non-hydrogen) atoms. The predicted molar refractivity (Wildman–Crippen MR) is 78.5 cm³/mol. The van der Waals surface area contributed by atoms with Crippen molar-refractivity contribution >= 4 is 27.7 Å². The summed E-state index contributed by atoms with van der Waals surface area (Å²) in [5.74, 6) is -2.58. The van der Waals surface area contributed by atoms with E-state index < -0.39 is 34.0 Å². The summed E-state index contributed by atoms with van der Waals surface area (Å²) in [7, 11) is -4.07. The predicted octanol–water partition coefficient (Wildman–Crippen LogP) is 0.991. The van der Waals surface area contributed by atoms with E-state index in [4.69, 9.17) is 0 Å². The molecule has 0 aliphatic carbocycles. The summed E-state index contributed by atoms with van der Waals surface area (Å²) in [4.78, 5) is 34.2. The molecule has 1 unspecified atom stereocenters. The lowest BCUT2D eigenvalue weighted by molar-refractivity contribution is -0.0548. The second-order valence-electron chi connectivity index (χ2n) is 5.39. The largest absolute Gasteiger partial charge is 0.428 e. The highest BCUT2D eigenvalue weighted by atomic mass is 32.2. The molecule has 0 radical (unpaired) electrons. The average molecular weight is 360 g/mol. The van der Waals surface area contributed by atoms with Gasteiger partial charge in [0, 0.05) is 5.56 Å². The SMILES string of the molecule is O=C1OC(=O)c2cc(S(=O)(=O)c3ccc4c(c3)C(=O)OC4O)ccc21. The minimum absolute atomic E-state index is 0.00963. The van der Waals surface area contributed by atoms with Gasteiger partial charge in [-0.1, -0.05) is 6.07 Å². The van der Waals surface area contributed by atoms with Gasteiger partial charge in [0.05, 0.1) is 26.5 Å². The average Bonchev–Trinajstić information content (AvgIpc) is 3.03. The van der Waals surface area contributed by atoms with Crippen molar-refractivity contribution in [2.75, 3.05) is 0 Å². The molecule has 9 heteroatoms. The number of cyclic esters (lactones) is 3. The molecule has 2 aliphatic heterocycles. The molecule has 2 aromatic rings. The first-order valence-corrected chi connectivity index (χ1v) is 8.46. The van der Waals surface area contributed by atoms with Crippen LogP contribution in [0.5, 0.6) is 0 Å². The molecule has 2 aliphatic rings. The lowest BCUT2D eigenvalue weighted by Crippen LogP contribution is -2.06. The van der Waals surface area contributed by atoms with Gasteiger partial charge in [0.2, 0.25) is 16.1 Å². The first kappa shape index (κ1) is 15.5. The maximum atomic E-state index is 12.8. The minimum Gasteiger partial charge on any atom is -0.428 e. The van der Waals surface area contributed by atoms with Crippen LogP contribution in [-0.4, -0.2) is 31.4 Å². The molecular weight excluding hydrogens is 352 g/mol. The Bertz CT molecular complexity index is 1080. The maximum Gasteiger partial charge on any atom is 0.346 e. The van der Waals surface area contributed by atoms with Gasteiger partial charge in [-0.3, -0.25) is 0 Å². The van der Waals surface area contributed by atoms with Gasteiger partial charge in [-0.25, -0.2) is 22.8 Å². The van der Waals surface area contributed by atoms with Gasteiger partial charge in [0.1, 0.15) is 0 Å². The fraction of sp³-hybridized carbons (Fsp3) is 0.0625. The number of aliphatic hydroxyl groups is 1. The van der Waals surface area contributed by atoms with Gasteiger partial charge in [-0.15, -0.1) is 0 Å². The monoisotopic (exact) mass is 360 g/mol. The number of ether oxygens (including phenoxy) is 2. The fourth-order valence-corrected chi connectivity index (χ4v) is 4.00. The molecule has 0 aromatic heterocycles. The number of carbonyl (C=O) groups is 3. The maximum absolute atomic E-state index is 12.8. The highest BCUT2D eigenvalue weighted by Gasteiger charge is 2.34. The van der Waals surface area contributed by atoms with E-state index in [0.29, 0.717) is 0 Å². The van der Waals surface area contributed by atoms with Gasteiger partial charge < -0.3 is 14.6 Å². The second kappa shape index (κ2) is 4.98.